The smallest absolute Gasteiger partial charge is 0.0942 e. The first-order valence-electron chi connectivity index (χ1n) is 13.9. The van der Waals surface area contributed by atoms with Gasteiger partial charge in [-0.1, -0.05) is 6.07 Å². The molecule has 7 nitrogen and oxygen atoms in total. The lowest BCUT2D eigenvalue weighted by atomic mass is 10.0. The fourth-order valence-corrected chi connectivity index (χ4v) is 6.98. The summed E-state index contributed by atoms with van der Waals surface area (Å²) >= 11 is 0. The number of rotatable bonds is 6. The first kappa shape index (κ1) is 23.1. The van der Waals surface area contributed by atoms with E-state index in [1.54, 1.807) is 0 Å². The van der Waals surface area contributed by atoms with E-state index in [0.29, 0.717) is 12.0 Å². The molecule has 4 aromatic heterocycles. The number of morpholine rings is 1. The molecule has 0 spiro atoms. The van der Waals surface area contributed by atoms with Gasteiger partial charge in [-0.15, -0.1) is 0 Å². The fraction of sp³-hybridized carbons (Fsp3) is 0.500. The molecule has 4 aromatic rings. The molecule has 7 heteroatoms. The Balaban J connectivity index is 1.17. The van der Waals surface area contributed by atoms with Crippen molar-refractivity contribution in [3.8, 4) is 11.3 Å². The molecule has 2 saturated carbocycles. The van der Waals surface area contributed by atoms with Crippen LogP contribution in [0.5, 0.6) is 0 Å². The molecular weight excluding hydrogens is 460 g/mol. The predicted molar refractivity (Wildman–Crippen MR) is 145 cm³/mol. The van der Waals surface area contributed by atoms with Crippen LogP contribution in [0.4, 0.5) is 0 Å². The van der Waals surface area contributed by atoms with Crippen LogP contribution in [0.25, 0.3) is 22.3 Å². The van der Waals surface area contributed by atoms with E-state index < -0.39 is 0 Å². The normalized spacial score (nSPS) is 26.6. The first-order valence-corrected chi connectivity index (χ1v) is 13.9. The van der Waals surface area contributed by atoms with E-state index in [0.717, 1.165) is 72.2 Å². The number of hydrogen-bond donors (Lipinski definition) is 0. The third kappa shape index (κ3) is 3.99. The molecule has 0 N–H and O–H groups in total. The van der Waals surface area contributed by atoms with Gasteiger partial charge >= 0.3 is 0 Å². The molecule has 0 bridgehead atoms. The average molecular weight is 497 g/mol. The molecular formula is C30H36N6O. The number of hydrogen-bond acceptors (Lipinski definition) is 5. The molecule has 0 unspecified atom stereocenters. The van der Waals surface area contributed by atoms with E-state index in [9.17, 15) is 0 Å². The van der Waals surface area contributed by atoms with Crippen molar-refractivity contribution in [2.75, 3.05) is 26.3 Å². The van der Waals surface area contributed by atoms with Crippen LogP contribution in [0.1, 0.15) is 63.0 Å². The van der Waals surface area contributed by atoms with Gasteiger partial charge in [-0.2, -0.15) is 5.10 Å². The largest absolute Gasteiger partial charge is 0.379 e. The molecule has 2 aliphatic carbocycles. The minimum atomic E-state index is 0.129. The van der Waals surface area contributed by atoms with Crippen molar-refractivity contribution in [3.05, 3.63) is 66.4 Å². The monoisotopic (exact) mass is 496 g/mol. The third-order valence-electron chi connectivity index (χ3n) is 8.97. The van der Waals surface area contributed by atoms with Gasteiger partial charge < -0.3 is 9.30 Å². The molecule has 1 saturated heterocycles. The Labute approximate surface area is 218 Å². The summed E-state index contributed by atoms with van der Waals surface area (Å²) in [6, 6.07) is 14.0. The molecule has 5 heterocycles. The van der Waals surface area contributed by atoms with Crippen molar-refractivity contribution >= 4 is 11.0 Å². The Morgan fingerprint density at radius 3 is 2.51 bits per heavy atom. The van der Waals surface area contributed by atoms with E-state index in [2.05, 4.69) is 70.4 Å². The van der Waals surface area contributed by atoms with Crippen LogP contribution in [0.2, 0.25) is 0 Å². The molecule has 0 aromatic carbocycles. The standard InChI is InChI=1S/C30H36N6O/c1-19(2)36-29(30-23-15-22(16-24(23)30)34-10-12-37-13-11-34)17-27(33-36)21-14-28-26(32-18-21)7-9-35(28)20(3)25-6-4-5-8-31-25/h4-9,14,17-20,22-24,30H,10-13,15-16H2,1-3H3/t20-,22-,23+,24-,30-/m0/s1. The molecule has 5 atom stereocenters. The first-order chi connectivity index (χ1) is 18.1. The zero-order valence-corrected chi connectivity index (χ0v) is 22.0. The van der Waals surface area contributed by atoms with Crippen molar-refractivity contribution in [1.82, 2.24) is 29.2 Å². The summed E-state index contributed by atoms with van der Waals surface area (Å²) in [5.41, 5.74) is 6.70. The molecule has 1 aliphatic heterocycles. The van der Waals surface area contributed by atoms with Gasteiger partial charge in [-0.05, 0) is 75.8 Å². The van der Waals surface area contributed by atoms with Crippen LogP contribution in [0, 0.1) is 11.8 Å². The Hall–Kier alpha value is -3.03. The maximum absolute atomic E-state index is 5.58. The maximum Gasteiger partial charge on any atom is 0.0942 e. The van der Waals surface area contributed by atoms with Crippen molar-refractivity contribution in [2.45, 2.75) is 57.7 Å². The van der Waals surface area contributed by atoms with E-state index in [4.69, 9.17) is 14.8 Å². The molecule has 192 valence electrons. The fourth-order valence-electron chi connectivity index (χ4n) is 6.98. The lowest BCUT2D eigenvalue weighted by Gasteiger charge is -2.33. The summed E-state index contributed by atoms with van der Waals surface area (Å²) in [7, 11) is 0. The molecule has 7 rings (SSSR count). The highest BCUT2D eigenvalue weighted by Crippen LogP contribution is 2.64. The lowest BCUT2D eigenvalue weighted by Crippen LogP contribution is -2.43. The average Bonchev–Trinajstić information content (AvgIpc) is 3.36. The Morgan fingerprint density at radius 2 is 1.78 bits per heavy atom. The van der Waals surface area contributed by atoms with Crippen molar-refractivity contribution in [1.29, 1.82) is 0 Å². The van der Waals surface area contributed by atoms with Gasteiger partial charge in [-0.3, -0.25) is 19.5 Å². The van der Waals surface area contributed by atoms with Gasteiger partial charge in [0.2, 0.25) is 0 Å². The van der Waals surface area contributed by atoms with Crippen LogP contribution in [-0.2, 0) is 4.74 Å². The lowest BCUT2D eigenvalue weighted by molar-refractivity contribution is 0.0151. The van der Waals surface area contributed by atoms with Crippen LogP contribution >= 0.6 is 0 Å². The summed E-state index contributed by atoms with van der Waals surface area (Å²) in [6.45, 7) is 10.7. The zero-order chi connectivity index (χ0) is 25.1. The number of pyridine rings is 2. The van der Waals surface area contributed by atoms with Crippen LogP contribution < -0.4 is 0 Å². The minimum absolute atomic E-state index is 0.129. The second kappa shape index (κ2) is 9.07. The topological polar surface area (TPSA) is 61.0 Å². The van der Waals surface area contributed by atoms with E-state index in [-0.39, 0.29) is 6.04 Å². The summed E-state index contributed by atoms with van der Waals surface area (Å²) in [5.74, 6) is 2.24. The van der Waals surface area contributed by atoms with Crippen LogP contribution in [0.15, 0.2) is 55.0 Å². The highest BCUT2D eigenvalue weighted by Gasteiger charge is 2.58. The Bertz CT molecular complexity index is 1390. The number of aromatic nitrogens is 5. The Kier molecular flexibility index (Phi) is 5.66. The van der Waals surface area contributed by atoms with E-state index in [1.807, 2.05) is 24.5 Å². The SMILES string of the molecule is CC(C)n1nc(-c2cnc3ccn([C@@H](C)c4ccccn4)c3c2)cc1[C@H]1[C@@H]2C[C@H](N3CCOCC3)C[C@@H]21. The molecule has 0 radical (unpaired) electrons. The molecule has 37 heavy (non-hydrogen) atoms. The summed E-state index contributed by atoms with van der Waals surface area (Å²) in [5, 5.41) is 5.13. The zero-order valence-electron chi connectivity index (χ0n) is 22.0. The van der Waals surface area contributed by atoms with Gasteiger partial charge in [-0.25, -0.2) is 0 Å². The van der Waals surface area contributed by atoms with Gasteiger partial charge in [0.05, 0.1) is 41.7 Å². The summed E-state index contributed by atoms with van der Waals surface area (Å²) in [6.07, 6.45) is 8.60. The second-order valence-electron chi connectivity index (χ2n) is 11.4. The Morgan fingerprint density at radius 1 is 0.973 bits per heavy atom. The number of fused-ring (bicyclic) bond motifs is 2. The molecule has 3 aliphatic rings. The minimum Gasteiger partial charge on any atom is -0.379 e. The van der Waals surface area contributed by atoms with E-state index in [1.165, 1.54) is 18.5 Å². The van der Waals surface area contributed by atoms with Crippen molar-refractivity contribution in [2.24, 2.45) is 11.8 Å². The summed E-state index contributed by atoms with van der Waals surface area (Å²) in [4.78, 5) is 12.1. The van der Waals surface area contributed by atoms with Gasteiger partial charge in [0, 0.05) is 60.9 Å². The predicted octanol–water partition coefficient (Wildman–Crippen LogP) is 5.31. The quantitative estimate of drug-likeness (QED) is 0.362. The molecule has 0 amide bonds. The van der Waals surface area contributed by atoms with Crippen molar-refractivity contribution in [3.63, 3.8) is 0 Å². The van der Waals surface area contributed by atoms with Gasteiger partial charge in [0.1, 0.15) is 0 Å². The highest BCUT2D eigenvalue weighted by molar-refractivity contribution is 5.81. The van der Waals surface area contributed by atoms with Crippen molar-refractivity contribution < 1.29 is 4.74 Å². The van der Waals surface area contributed by atoms with E-state index >= 15 is 0 Å². The second-order valence-corrected chi connectivity index (χ2v) is 11.4. The van der Waals surface area contributed by atoms with Crippen LogP contribution in [-0.4, -0.2) is 61.6 Å². The van der Waals surface area contributed by atoms with Gasteiger partial charge in [0.15, 0.2) is 0 Å². The number of nitrogens with zero attached hydrogens (tertiary/aromatic N) is 6. The third-order valence-corrected chi connectivity index (χ3v) is 8.97. The maximum atomic E-state index is 5.58. The van der Waals surface area contributed by atoms with Gasteiger partial charge in [0.25, 0.3) is 0 Å². The van der Waals surface area contributed by atoms with Crippen LogP contribution in [0.3, 0.4) is 0 Å². The number of ether oxygens (including phenoxy) is 1. The summed E-state index contributed by atoms with van der Waals surface area (Å²) < 4.78 is 10.1. The molecule has 3 fully saturated rings. The highest BCUT2D eigenvalue weighted by atomic mass is 16.5.